The molecule has 0 aliphatic carbocycles. The van der Waals surface area contributed by atoms with Crippen LogP contribution in [-0.4, -0.2) is 80.7 Å². The third kappa shape index (κ3) is 7.93. The number of phenolic OH excluding ortho intramolecular Hbond substituents is 1. The molecule has 1 aliphatic rings. The number of carboxylic acids is 1. The number of hydrogen-bond acceptors (Lipinski definition) is 7. The third-order valence-corrected chi connectivity index (χ3v) is 5.94. The number of aliphatic hydroxyl groups is 1. The van der Waals surface area contributed by atoms with Gasteiger partial charge in [0.05, 0.1) is 12.1 Å². The number of rotatable bonds is 11. The van der Waals surface area contributed by atoms with E-state index in [0.717, 1.165) is 0 Å². The van der Waals surface area contributed by atoms with E-state index in [1.54, 1.807) is 12.1 Å². The molecular weight excluding hydrogens is 456 g/mol. The maximum atomic E-state index is 13.5. The molecule has 11 nitrogen and oxygen atoms in total. The molecule has 1 fully saturated rings. The van der Waals surface area contributed by atoms with Gasteiger partial charge in [-0.2, -0.15) is 0 Å². The third-order valence-electron chi connectivity index (χ3n) is 5.94. The van der Waals surface area contributed by atoms with Gasteiger partial charge in [0.25, 0.3) is 0 Å². The van der Waals surface area contributed by atoms with E-state index in [1.165, 1.54) is 24.0 Å². The average molecular weight is 493 g/mol. The van der Waals surface area contributed by atoms with Gasteiger partial charge in [0.1, 0.15) is 17.8 Å². The van der Waals surface area contributed by atoms with Crippen molar-refractivity contribution in [2.45, 2.75) is 76.7 Å². The van der Waals surface area contributed by atoms with E-state index in [2.05, 4.69) is 10.6 Å². The van der Waals surface area contributed by atoms with Crippen LogP contribution < -0.4 is 16.4 Å². The Hall–Kier alpha value is -3.18. The highest BCUT2D eigenvalue weighted by molar-refractivity contribution is 5.94. The van der Waals surface area contributed by atoms with E-state index < -0.39 is 54.0 Å². The number of amides is 3. The van der Waals surface area contributed by atoms with Gasteiger partial charge in [-0.25, -0.2) is 4.79 Å². The minimum absolute atomic E-state index is 0.0574. The number of carboxylic acid groups (broad SMARTS) is 1. The summed E-state index contributed by atoms with van der Waals surface area (Å²) in [5.74, 6) is -2.83. The molecule has 5 unspecified atom stereocenters. The summed E-state index contributed by atoms with van der Waals surface area (Å²) >= 11 is 0. The molecule has 2 rings (SSSR count). The molecule has 0 spiro atoms. The van der Waals surface area contributed by atoms with Crippen LogP contribution in [0.15, 0.2) is 24.3 Å². The lowest BCUT2D eigenvalue weighted by molar-refractivity contribution is -0.147. The first-order chi connectivity index (χ1) is 16.4. The van der Waals surface area contributed by atoms with E-state index in [4.69, 9.17) is 5.73 Å². The molecule has 1 aliphatic heterocycles. The summed E-state index contributed by atoms with van der Waals surface area (Å²) in [6, 6.07) is 1.91. The lowest BCUT2D eigenvalue weighted by Crippen LogP contribution is -2.58. The van der Waals surface area contributed by atoms with Crippen molar-refractivity contribution in [1.29, 1.82) is 0 Å². The Balaban J connectivity index is 2.24. The first-order valence-electron chi connectivity index (χ1n) is 11.8. The maximum absolute atomic E-state index is 13.5. The van der Waals surface area contributed by atoms with Gasteiger partial charge < -0.3 is 36.6 Å². The zero-order chi connectivity index (χ0) is 26.3. The van der Waals surface area contributed by atoms with Gasteiger partial charge >= 0.3 is 5.97 Å². The molecule has 194 valence electrons. The largest absolute Gasteiger partial charge is 0.508 e. The molecule has 35 heavy (non-hydrogen) atoms. The van der Waals surface area contributed by atoms with Crippen LogP contribution in [0.5, 0.6) is 5.75 Å². The monoisotopic (exact) mass is 492 g/mol. The topological polar surface area (TPSA) is 182 Å². The van der Waals surface area contributed by atoms with Crippen molar-refractivity contribution in [1.82, 2.24) is 15.5 Å². The van der Waals surface area contributed by atoms with Gasteiger partial charge in [-0.1, -0.05) is 26.0 Å². The second-order valence-corrected chi connectivity index (χ2v) is 9.42. The number of aliphatic hydroxyl groups excluding tert-OH is 1. The molecule has 3 amide bonds. The van der Waals surface area contributed by atoms with Gasteiger partial charge in [0.15, 0.2) is 6.04 Å². The molecular formula is C24H36N4O7. The number of nitrogens with one attached hydrogen (secondary N) is 2. The number of nitrogens with zero attached hydrogens (tertiary/aromatic N) is 1. The Morgan fingerprint density at radius 2 is 1.74 bits per heavy atom. The highest BCUT2D eigenvalue weighted by Gasteiger charge is 2.39. The number of likely N-dealkylation sites (tertiary alicyclic amines) is 1. The van der Waals surface area contributed by atoms with Crippen molar-refractivity contribution in [2.75, 3.05) is 6.54 Å². The van der Waals surface area contributed by atoms with Crippen LogP contribution in [0, 0.1) is 5.92 Å². The molecule has 7 N–H and O–H groups in total. The minimum Gasteiger partial charge on any atom is -0.508 e. The van der Waals surface area contributed by atoms with Crippen LogP contribution in [-0.2, 0) is 25.6 Å². The zero-order valence-electron chi connectivity index (χ0n) is 20.3. The Morgan fingerprint density at radius 1 is 1.11 bits per heavy atom. The Bertz CT molecular complexity index is 904. The second kappa shape index (κ2) is 12.5. The number of nitrogens with two attached hydrogens (primary N) is 1. The van der Waals surface area contributed by atoms with E-state index in [-0.39, 0.29) is 24.6 Å². The summed E-state index contributed by atoms with van der Waals surface area (Å²) in [7, 11) is 0. The fourth-order valence-electron chi connectivity index (χ4n) is 4.10. The van der Waals surface area contributed by atoms with Gasteiger partial charge in [-0.15, -0.1) is 0 Å². The summed E-state index contributed by atoms with van der Waals surface area (Å²) in [6.07, 6.45) is 0.0389. The van der Waals surface area contributed by atoms with E-state index >= 15 is 0 Å². The zero-order valence-corrected chi connectivity index (χ0v) is 20.3. The highest BCUT2D eigenvalue weighted by Crippen LogP contribution is 2.21. The van der Waals surface area contributed by atoms with E-state index in [0.29, 0.717) is 24.8 Å². The molecule has 1 heterocycles. The number of hydrogen-bond donors (Lipinski definition) is 6. The van der Waals surface area contributed by atoms with Crippen LogP contribution in [0.4, 0.5) is 0 Å². The van der Waals surface area contributed by atoms with Gasteiger partial charge in [-0.05, 0) is 49.8 Å². The Morgan fingerprint density at radius 3 is 2.29 bits per heavy atom. The van der Waals surface area contributed by atoms with E-state index in [9.17, 15) is 34.5 Å². The van der Waals surface area contributed by atoms with Crippen LogP contribution in [0.1, 0.15) is 45.6 Å². The van der Waals surface area contributed by atoms with Crippen molar-refractivity contribution < 1.29 is 34.5 Å². The molecule has 1 saturated heterocycles. The predicted molar refractivity (Wildman–Crippen MR) is 127 cm³/mol. The first kappa shape index (κ1) is 28.1. The molecule has 5 atom stereocenters. The summed E-state index contributed by atoms with van der Waals surface area (Å²) in [4.78, 5) is 51.8. The number of phenols is 1. The summed E-state index contributed by atoms with van der Waals surface area (Å²) < 4.78 is 0. The van der Waals surface area contributed by atoms with Crippen molar-refractivity contribution in [3.8, 4) is 5.75 Å². The van der Waals surface area contributed by atoms with Crippen molar-refractivity contribution in [3.63, 3.8) is 0 Å². The van der Waals surface area contributed by atoms with Crippen LogP contribution in [0.2, 0.25) is 0 Å². The van der Waals surface area contributed by atoms with Gasteiger partial charge in [0, 0.05) is 13.0 Å². The quantitative estimate of drug-likeness (QED) is 0.244. The van der Waals surface area contributed by atoms with Gasteiger partial charge in [0.2, 0.25) is 17.7 Å². The lowest BCUT2D eigenvalue weighted by atomic mass is 10.0. The smallest absolute Gasteiger partial charge is 0.328 e. The SMILES string of the molecule is CC(C)CC(N)C(=O)NC(Cc1ccc(O)cc1)C(=O)N1CCCC1C(=O)NC(C(=O)O)C(C)O. The molecule has 1 aromatic carbocycles. The number of carbonyl (C=O) groups excluding carboxylic acids is 3. The number of benzene rings is 1. The standard InChI is InChI=1S/C24H36N4O7/c1-13(2)11-17(25)21(31)26-18(12-15-6-8-16(30)9-7-15)23(33)28-10-4-5-19(28)22(32)27-20(14(3)29)24(34)35/h6-9,13-14,17-20,29-30H,4-5,10-12,25H2,1-3H3,(H,26,31)(H,27,32)(H,34,35). The molecule has 0 aromatic heterocycles. The first-order valence-corrected chi connectivity index (χ1v) is 11.8. The fourth-order valence-corrected chi connectivity index (χ4v) is 4.10. The number of carbonyl (C=O) groups is 4. The van der Waals surface area contributed by atoms with Crippen molar-refractivity contribution >= 4 is 23.7 Å². The Kier molecular flexibility index (Phi) is 10.0. The number of aromatic hydroxyl groups is 1. The van der Waals surface area contributed by atoms with Crippen molar-refractivity contribution in [3.05, 3.63) is 29.8 Å². The highest BCUT2D eigenvalue weighted by atomic mass is 16.4. The van der Waals surface area contributed by atoms with E-state index in [1.807, 2.05) is 13.8 Å². The summed E-state index contributed by atoms with van der Waals surface area (Å²) in [5, 5.41) is 33.5. The number of aliphatic carboxylic acids is 1. The summed E-state index contributed by atoms with van der Waals surface area (Å²) in [6.45, 7) is 5.36. The fraction of sp³-hybridized carbons (Fsp3) is 0.583. The van der Waals surface area contributed by atoms with Crippen molar-refractivity contribution in [2.24, 2.45) is 11.7 Å². The predicted octanol–water partition coefficient (Wildman–Crippen LogP) is -0.266. The molecule has 0 saturated carbocycles. The molecule has 0 radical (unpaired) electrons. The summed E-state index contributed by atoms with van der Waals surface area (Å²) in [5.41, 5.74) is 6.69. The Labute approximate surface area is 204 Å². The molecule has 0 bridgehead atoms. The minimum atomic E-state index is -1.51. The molecule has 11 heteroatoms. The maximum Gasteiger partial charge on any atom is 0.328 e. The second-order valence-electron chi connectivity index (χ2n) is 9.42. The van der Waals surface area contributed by atoms with Crippen LogP contribution in [0.25, 0.3) is 0 Å². The van der Waals surface area contributed by atoms with Crippen LogP contribution in [0.3, 0.4) is 0 Å². The van der Waals surface area contributed by atoms with Crippen LogP contribution >= 0.6 is 0 Å². The molecule has 1 aromatic rings. The average Bonchev–Trinajstić information content (AvgIpc) is 3.26. The van der Waals surface area contributed by atoms with Gasteiger partial charge in [-0.3, -0.25) is 14.4 Å². The lowest BCUT2D eigenvalue weighted by Gasteiger charge is -2.30. The normalized spacial score (nSPS) is 19.0.